The minimum atomic E-state index is 0.917. The molecule has 1 N–H and O–H groups in total. The number of aryl methyl sites for hydroxylation is 3. The van der Waals surface area contributed by atoms with Crippen LogP contribution in [0.3, 0.4) is 0 Å². The van der Waals surface area contributed by atoms with E-state index in [9.17, 15) is 0 Å². The molecule has 4 heteroatoms. The van der Waals surface area contributed by atoms with Gasteiger partial charge < -0.3 is 5.32 Å². The van der Waals surface area contributed by atoms with Gasteiger partial charge in [-0.1, -0.05) is 23.4 Å². The highest BCUT2D eigenvalue weighted by atomic mass is 15.4. The maximum Gasteiger partial charge on any atom is 0.0692 e. The minimum absolute atomic E-state index is 0.917. The lowest BCUT2D eigenvalue weighted by atomic mass is 10.1. The maximum atomic E-state index is 3.93. The third kappa shape index (κ3) is 3.67. The molecule has 96 valence electrons. The number of hydrogen-bond donors (Lipinski definition) is 1. The van der Waals surface area contributed by atoms with Crippen molar-refractivity contribution in [2.24, 2.45) is 0 Å². The van der Waals surface area contributed by atoms with Crippen LogP contribution in [-0.4, -0.2) is 21.5 Å². The highest BCUT2D eigenvalue weighted by Crippen LogP contribution is 2.09. The van der Waals surface area contributed by atoms with E-state index in [4.69, 9.17) is 0 Å². The summed E-state index contributed by atoms with van der Waals surface area (Å²) >= 11 is 0. The lowest BCUT2D eigenvalue weighted by Crippen LogP contribution is -2.16. The van der Waals surface area contributed by atoms with Crippen LogP contribution in [0.2, 0.25) is 0 Å². The molecule has 2 aromatic rings. The molecule has 18 heavy (non-hydrogen) atoms. The summed E-state index contributed by atoms with van der Waals surface area (Å²) in [5, 5.41) is 11.2. The summed E-state index contributed by atoms with van der Waals surface area (Å²) in [6.45, 7) is 7.14. The molecule has 0 saturated carbocycles. The van der Waals surface area contributed by atoms with Gasteiger partial charge in [-0.25, -0.2) is 0 Å². The van der Waals surface area contributed by atoms with E-state index in [1.165, 1.54) is 16.7 Å². The van der Waals surface area contributed by atoms with Crippen molar-refractivity contribution in [3.8, 4) is 0 Å². The lowest BCUT2D eigenvalue weighted by molar-refractivity contribution is 0.530. The summed E-state index contributed by atoms with van der Waals surface area (Å²) in [7, 11) is 0. The molecule has 0 spiro atoms. The molecule has 2 rings (SSSR count). The molecule has 0 radical (unpaired) electrons. The van der Waals surface area contributed by atoms with E-state index in [-0.39, 0.29) is 0 Å². The van der Waals surface area contributed by atoms with Crippen molar-refractivity contribution < 1.29 is 0 Å². The van der Waals surface area contributed by atoms with Crippen LogP contribution >= 0.6 is 0 Å². The Kier molecular flexibility index (Phi) is 4.47. The van der Waals surface area contributed by atoms with Crippen LogP contribution in [0.1, 0.15) is 23.1 Å². The van der Waals surface area contributed by atoms with E-state index in [0.29, 0.717) is 0 Å². The third-order valence-corrected chi connectivity index (χ3v) is 3.11. The average Bonchev–Trinajstić information content (AvgIpc) is 2.86. The van der Waals surface area contributed by atoms with Crippen LogP contribution < -0.4 is 5.32 Å². The zero-order valence-corrected chi connectivity index (χ0v) is 11.1. The molecular formula is C14H20N4. The number of rotatable bonds is 6. The average molecular weight is 244 g/mol. The second kappa shape index (κ2) is 6.31. The molecule has 0 fully saturated rings. The van der Waals surface area contributed by atoms with Gasteiger partial charge in [-0.15, -0.1) is 5.10 Å². The number of aromatic nitrogens is 3. The molecule has 4 nitrogen and oxygen atoms in total. The molecule has 0 aliphatic heterocycles. The SMILES string of the molecule is Cc1ccc(CNCCCn2ccnn2)cc1C. The molecule has 0 aliphatic carbocycles. The molecule has 1 aromatic heterocycles. The van der Waals surface area contributed by atoms with E-state index in [2.05, 4.69) is 47.7 Å². The molecular weight excluding hydrogens is 224 g/mol. The molecule has 1 aromatic carbocycles. The number of hydrogen-bond acceptors (Lipinski definition) is 3. The second-order valence-electron chi connectivity index (χ2n) is 4.62. The van der Waals surface area contributed by atoms with Crippen LogP contribution in [0.15, 0.2) is 30.6 Å². The van der Waals surface area contributed by atoms with Gasteiger partial charge in [0.15, 0.2) is 0 Å². The summed E-state index contributed by atoms with van der Waals surface area (Å²) in [6, 6.07) is 6.62. The van der Waals surface area contributed by atoms with E-state index < -0.39 is 0 Å². The summed E-state index contributed by atoms with van der Waals surface area (Å²) in [5.41, 5.74) is 4.06. The van der Waals surface area contributed by atoms with E-state index >= 15 is 0 Å². The first-order valence-electron chi connectivity index (χ1n) is 6.36. The highest BCUT2D eigenvalue weighted by Gasteiger charge is 1.96. The molecule has 1 heterocycles. The van der Waals surface area contributed by atoms with Gasteiger partial charge in [-0.3, -0.25) is 4.68 Å². The molecule has 0 atom stereocenters. The largest absolute Gasteiger partial charge is 0.313 e. The Hall–Kier alpha value is -1.68. The Morgan fingerprint density at radius 3 is 2.83 bits per heavy atom. The van der Waals surface area contributed by atoms with Crippen LogP contribution in [0.25, 0.3) is 0 Å². The fraction of sp³-hybridized carbons (Fsp3) is 0.429. The Labute approximate surface area is 108 Å². The molecule has 0 unspecified atom stereocenters. The van der Waals surface area contributed by atoms with Crippen molar-refractivity contribution in [2.45, 2.75) is 33.4 Å². The highest BCUT2D eigenvalue weighted by molar-refractivity contribution is 5.29. The Morgan fingerprint density at radius 1 is 1.22 bits per heavy atom. The fourth-order valence-electron chi connectivity index (χ4n) is 1.86. The molecule has 0 saturated heterocycles. The van der Waals surface area contributed by atoms with Crippen molar-refractivity contribution in [1.29, 1.82) is 0 Å². The predicted octanol–water partition coefficient (Wildman–Crippen LogP) is 2.07. The first-order chi connectivity index (χ1) is 8.75. The van der Waals surface area contributed by atoms with Crippen LogP contribution in [-0.2, 0) is 13.1 Å². The lowest BCUT2D eigenvalue weighted by Gasteiger charge is -2.07. The maximum absolute atomic E-state index is 3.93. The van der Waals surface area contributed by atoms with Crippen molar-refractivity contribution in [1.82, 2.24) is 20.3 Å². The second-order valence-corrected chi connectivity index (χ2v) is 4.62. The van der Waals surface area contributed by atoms with Crippen LogP contribution in [0.5, 0.6) is 0 Å². The van der Waals surface area contributed by atoms with Gasteiger partial charge in [0.25, 0.3) is 0 Å². The van der Waals surface area contributed by atoms with Crippen molar-refractivity contribution in [3.05, 3.63) is 47.3 Å². The van der Waals surface area contributed by atoms with Crippen molar-refractivity contribution in [2.75, 3.05) is 6.54 Å². The van der Waals surface area contributed by atoms with Gasteiger partial charge in [0.2, 0.25) is 0 Å². The van der Waals surface area contributed by atoms with Gasteiger partial charge in [-0.2, -0.15) is 0 Å². The summed E-state index contributed by atoms with van der Waals surface area (Å²) in [6.07, 6.45) is 4.67. The monoisotopic (exact) mass is 244 g/mol. The van der Waals surface area contributed by atoms with Crippen molar-refractivity contribution in [3.63, 3.8) is 0 Å². The number of nitrogens with one attached hydrogen (secondary N) is 1. The van der Waals surface area contributed by atoms with Crippen LogP contribution in [0.4, 0.5) is 0 Å². The smallest absolute Gasteiger partial charge is 0.0692 e. The van der Waals surface area contributed by atoms with Gasteiger partial charge in [0.1, 0.15) is 0 Å². The Morgan fingerprint density at radius 2 is 2.11 bits per heavy atom. The quantitative estimate of drug-likeness (QED) is 0.791. The molecule has 0 aliphatic rings. The Bertz CT molecular complexity index is 477. The minimum Gasteiger partial charge on any atom is -0.313 e. The summed E-state index contributed by atoms with van der Waals surface area (Å²) in [5.74, 6) is 0. The zero-order valence-electron chi connectivity index (χ0n) is 11.1. The first kappa shape index (κ1) is 12.8. The standard InChI is InChI=1S/C14H20N4/c1-12-4-5-14(10-13(12)2)11-15-6-3-8-18-9-7-16-17-18/h4-5,7,9-10,15H,3,6,8,11H2,1-2H3. The summed E-state index contributed by atoms with van der Waals surface area (Å²) < 4.78 is 1.86. The van der Waals surface area contributed by atoms with Gasteiger partial charge in [-0.05, 0) is 43.5 Å². The number of benzene rings is 1. The summed E-state index contributed by atoms with van der Waals surface area (Å²) in [4.78, 5) is 0. The van der Waals surface area contributed by atoms with E-state index in [0.717, 1.165) is 26.1 Å². The number of nitrogens with zero attached hydrogens (tertiary/aromatic N) is 3. The van der Waals surface area contributed by atoms with E-state index in [1.54, 1.807) is 6.20 Å². The molecule has 0 bridgehead atoms. The topological polar surface area (TPSA) is 42.7 Å². The molecule has 0 amide bonds. The third-order valence-electron chi connectivity index (χ3n) is 3.11. The normalized spacial score (nSPS) is 10.8. The van der Waals surface area contributed by atoms with Crippen molar-refractivity contribution >= 4 is 0 Å². The Balaban J connectivity index is 1.67. The van der Waals surface area contributed by atoms with Gasteiger partial charge >= 0.3 is 0 Å². The van der Waals surface area contributed by atoms with Gasteiger partial charge in [0.05, 0.1) is 6.20 Å². The van der Waals surface area contributed by atoms with Crippen LogP contribution in [0, 0.1) is 13.8 Å². The predicted molar refractivity (Wildman–Crippen MR) is 72.3 cm³/mol. The fourth-order valence-corrected chi connectivity index (χ4v) is 1.86. The van der Waals surface area contributed by atoms with E-state index in [1.807, 2.05) is 10.9 Å². The zero-order chi connectivity index (χ0) is 12.8. The van der Waals surface area contributed by atoms with Gasteiger partial charge in [0, 0.05) is 19.3 Å². The first-order valence-corrected chi connectivity index (χ1v) is 6.36.